The molecule has 19 heavy (non-hydrogen) atoms. The van der Waals surface area contributed by atoms with E-state index in [4.69, 9.17) is 9.84 Å². The second-order valence-electron chi connectivity index (χ2n) is 4.85. The number of hydrogen-bond acceptors (Lipinski definition) is 3. The quantitative estimate of drug-likeness (QED) is 0.885. The van der Waals surface area contributed by atoms with Crippen molar-refractivity contribution in [3.63, 3.8) is 0 Å². The Labute approximate surface area is 114 Å². The van der Waals surface area contributed by atoms with Gasteiger partial charge in [0.1, 0.15) is 5.75 Å². The zero-order valence-corrected chi connectivity index (χ0v) is 11.3. The predicted molar refractivity (Wildman–Crippen MR) is 73.0 cm³/mol. The molecule has 1 atom stereocenters. The smallest absolute Gasteiger partial charge is 0.223 e. The summed E-state index contributed by atoms with van der Waals surface area (Å²) in [5.74, 6) is 0.979. The summed E-state index contributed by atoms with van der Waals surface area (Å²) in [6.45, 7) is 0.897. The standard InChI is InChI=1S/C15H21NO3/c1-19-13-8-6-12(7-9-13)14-4-2-10-16(14)15(18)5-3-11-17/h6-9,14,17H,2-5,10-11H2,1H3. The van der Waals surface area contributed by atoms with Crippen molar-refractivity contribution in [2.75, 3.05) is 20.3 Å². The summed E-state index contributed by atoms with van der Waals surface area (Å²) >= 11 is 0. The van der Waals surface area contributed by atoms with Crippen LogP contribution in [0, 0.1) is 0 Å². The monoisotopic (exact) mass is 263 g/mol. The first-order chi connectivity index (χ1) is 9.26. The Balaban J connectivity index is 2.06. The highest BCUT2D eigenvalue weighted by atomic mass is 16.5. The molecular weight excluding hydrogens is 242 g/mol. The van der Waals surface area contributed by atoms with Crippen LogP contribution in [0.4, 0.5) is 0 Å². The lowest BCUT2D eigenvalue weighted by atomic mass is 10.0. The molecule has 1 aromatic rings. The minimum atomic E-state index is 0.0762. The molecule has 1 aromatic carbocycles. The van der Waals surface area contributed by atoms with Gasteiger partial charge in [-0.1, -0.05) is 12.1 Å². The van der Waals surface area contributed by atoms with E-state index in [-0.39, 0.29) is 18.6 Å². The van der Waals surface area contributed by atoms with E-state index < -0.39 is 0 Å². The highest BCUT2D eigenvalue weighted by Gasteiger charge is 2.29. The summed E-state index contributed by atoms with van der Waals surface area (Å²) in [6, 6.07) is 8.10. The van der Waals surface area contributed by atoms with Gasteiger partial charge in [-0.2, -0.15) is 0 Å². The zero-order chi connectivity index (χ0) is 13.7. The molecule has 1 aliphatic heterocycles. The summed E-state index contributed by atoms with van der Waals surface area (Å²) in [7, 11) is 1.65. The van der Waals surface area contributed by atoms with Crippen molar-refractivity contribution in [1.29, 1.82) is 0 Å². The summed E-state index contributed by atoms with van der Waals surface area (Å²) in [5.41, 5.74) is 1.16. The van der Waals surface area contributed by atoms with Crippen LogP contribution >= 0.6 is 0 Å². The van der Waals surface area contributed by atoms with E-state index in [0.717, 1.165) is 30.7 Å². The van der Waals surface area contributed by atoms with Crippen molar-refractivity contribution in [1.82, 2.24) is 4.90 Å². The van der Waals surface area contributed by atoms with Crippen LogP contribution in [0.5, 0.6) is 5.75 Å². The molecule has 1 N–H and O–H groups in total. The minimum Gasteiger partial charge on any atom is -0.497 e. The second kappa shape index (κ2) is 6.57. The van der Waals surface area contributed by atoms with Gasteiger partial charge in [-0.25, -0.2) is 0 Å². The molecule has 1 unspecified atom stereocenters. The molecule has 0 saturated carbocycles. The van der Waals surface area contributed by atoms with E-state index in [1.165, 1.54) is 0 Å². The Hall–Kier alpha value is -1.55. The highest BCUT2D eigenvalue weighted by molar-refractivity contribution is 5.77. The number of methoxy groups -OCH3 is 1. The normalized spacial score (nSPS) is 18.6. The topological polar surface area (TPSA) is 49.8 Å². The molecule has 1 fully saturated rings. The maximum absolute atomic E-state index is 12.1. The molecule has 0 spiro atoms. The van der Waals surface area contributed by atoms with Gasteiger partial charge in [0.05, 0.1) is 13.2 Å². The lowest BCUT2D eigenvalue weighted by Gasteiger charge is -2.25. The Morgan fingerprint density at radius 1 is 1.42 bits per heavy atom. The van der Waals surface area contributed by atoms with Gasteiger partial charge in [-0.15, -0.1) is 0 Å². The summed E-state index contributed by atoms with van der Waals surface area (Å²) in [6.07, 6.45) is 3.03. The fourth-order valence-electron chi connectivity index (χ4n) is 2.61. The van der Waals surface area contributed by atoms with Gasteiger partial charge in [-0.05, 0) is 37.0 Å². The maximum Gasteiger partial charge on any atom is 0.223 e. The number of nitrogens with zero attached hydrogens (tertiary/aromatic N) is 1. The summed E-state index contributed by atoms with van der Waals surface area (Å²) in [4.78, 5) is 14.0. The van der Waals surface area contributed by atoms with Crippen LogP contribution in [0.2, 0.25) is 0 Å². The number of carbonyl (C=O) groups is 1. The number of carbonyl (C=O) groups excluding carboxylic acids is 1. The van der Waals surface area contributed by atoms with E-state index in [2.05, 4.69) is 0 Å². The predicted octanol–water partition coefficient (Wildman–Crippen LogP) is 2.13. The Morgan fingerprint density at radius 2 is 2.16 bits per heavy atom. The fraction of sp³-hybridized carbons (Fsp3) is 0.533. The van der Waals surface area contributed by atoms with Crippen molar-refractivity contribution in [2.24, 2.45) is 0 Å². The van der Waals surface area contributed by atoms with Crippen molar-refractivity contribution in [2.45, 2.75) is 31.7 Å². The summed E-state index contributed by atoms with van der Waals surface area (Å²) in [5, 5.41) is 8.81. The van der Waals surface area contributed by atoms with Crippen molar-refractivity contribution in [3.8, 4) is 5.75 Å². The molecule has 4 heteroatoms. The first-order valence-corrected chi connectivity index (χ1v) is 6.80. The fourth-order valence-corrected chi connectivity index (χ4v) is 2.61. The molecular formula is C15H21NO3. The number of hydrogen-bond donors (Lipinski definition) is 1. The number of aliphatic hydroxyl groups excluding tert-OH is 1. The van der Waals surface area contributed by atoms with Crippen LogP contribution < -0.4 is 4.74 Å². The van der Waals surface area contributed by atoms with Crippen molar-refractivity contribution in [3.05, 3.63) is 29.8 Å². The number of aliphatic hydroxyl groups is 1. The number of likely N-dealkylation sites (tertiary alicyclic amines) is 1. The molecule has 0 aliphatic carbocycles. The molecule has 1 heterocycles. The van der Waals surface area contributed by atoms with Gasteiger partial charge in [0.2, 0.25) is 5.91 Å². The molecule has 4 nitrogen and oxygen atoms in total. The van der Waals surface area contributed by atoms with Crippen LogP contribution in [0.25, 0.3) is 0 Å². The van der Waals surface area contributed by atoms with Crippen LogP contribution in [0.3, 0.4) is 0 Å². The third-order valence-electron chi connectivity index (χ3n) is 3.62. The minimum absolute atomic E-state index is 0.0762. The van der Waals surface area contributed by atoms with E-state index >= 15 is 0 Å². The molecule has 2 rings (SSSR count). The van der Waals surface area contributed by atoms with Crippen LogP contribution in [0.15, 0.2) is 24.3 Å². The van der Waals surface area contributed by atoms with E-state index in [0.29, 0.717) is 12.8 Å². The molecule has 0 bridgehead atoms. The van der Waals surface area contributed by atoms with Crippen LogP contribution in [0.1, 0.15) is 37.3 Å². The van der Waals surface area contributed by atoms with Gasteiger partial charge < -0.3 is 14.7 Å². The second-order valence-corrected chi connectivity index (χ2v) is 4.85. The third-order valence-corrected chi connectivity index (χ3v) is 3.62. The van der Waals surface area contributed by atoms with Gasteiger partial charge in [-0.3, -0.25) is 4.79 Å². The van der Waals surface area contributed by atoms with Gasteiger partial charge in [0, 0.05) is 19.6 Å². The number of rotatable bonds is 5. The average Bonchev–Trinajstić information content (AvgIpc) is 2.94. The first kappa shape index (κ1) is 13.9. The summed E-state index contributed by atoms with van der Waals surface area (Å²) < 4.78 is 5.15. The SMILES string of the molecule is COc1ccc(C2CCCN2C(=O)CCCO)cc1. The van der Waals surface area contributed by atoms with Crippen molar-refractivity contribution < 1.29 is 14.6 Å². The molecule has 1 amide bonds. The highest BCUT2D eigenvalue weighted by Crippen LogP contribution is 2.33. The van der Waals surface area contributed by atoms with Gasteiger partial charge in [0.25, 0.3) is 0 Å². The largest absolute Gasteiger partial charge is 0.497 e. The lowest BCUT2D eigenvalue weighted by molar-refractivity contribution is -0.132. The Kier molecular flexibility index (Phi) is 4.80. The average molecular weight is 263 g/mol. The number of ether oxygens (including phenoxy) is 1. The van der Waals surface area contributed by atoms with E-state index in [1.807, 2.05) is 29.2 Å². The van der Waals surface area contributed by atoms with Gasteiger partial charge >= 0.3 is 0 Å². The molecule has 104 valence electrons. The molecule has 1 aliphatic rings. The molecule has 0 aromatic heterocycles. The number of benzene rings is 1. The third kappa shape index (κ3) is 3.26. The number of amides is 1. The Bertz CT molecular complexity index is 416. The van der Waals surface area contributed by atoms with Gasteiger partial charge in [0.15, 0.2) is 0 Å². The zero-order valence-electron chi connectivity index (χ0n) is 11.3. The van der Waals surface area contributed by atoms with Crippen molar-refractivity contribution >= 4 is 5.91 Å². The maximum atomic E-state index is 12.1. The molecule has 1 saturated heterocycles. The molecule has 0 radical (unpaired) electrons. The lowest BCUT2D eigenvalue weighted by Crippen LogP contribution is -2.30. The Morgan fingerprint density at radius 3 is 2.79 bits per heavy atom. The van der Waals surface area contributed by atoms with E-state index in [9.17, 15) is 4.79 Å². The van der Waals surface area contributed by atoms with Crippen LogP contribution in [-0.2, 0) is 4.79 Å². The van der Waals surface area contributed by atoms with Crippen LogP contribution in [-0.4, -0.2) is 36.2 Å². The van der Waals surface area contributed by atoms with E-state index in [1.54, 1.807) is 7.11 Å². The first-order valence-electron chi connectivity index (χ1n) is 6.80.